The van der Waals surface area contributed by atoms with Crippen LogP contribution in [0.4, 0.5) is 0 Å². The van der Waals surface area contributed by atoms with Gasteiger partial charge in [0.1, 0.15) is 5.75 Å². The summed E-state index contributed by atoms with van der Waals surface area (Å²) in [5.74, 6) is 0.0105. The van der Waals surface area contributed by atoms with Crippen molar-refractivity contribution < 1.29 is 17.9 Å². The Hall–Kier alpha value is -1.67. The number of ether oxygens (including phenoxy) is 1. The smallest absolute Gasteiger partial charge is 0.291 e. The van der Waals surface area contributed by atoms with Gasteiger partial charge in [-0.05, 0) is 25.1 Å². The molecule has 0 bridgehead atoms. The first-order valence-corrected chi connectivity index (χ1v) is 7.79. The number of nitrogens with zero attached hydrogens (tertiary/aromatic N) is 1. The van der Waals surface area contributed by atoms with Crippen molar-refractivity contribution in [2.45, 2.75) is 18.2 Å². The molecule has 0 fully saturated rings. The van der Waals surface area contributed by atoms with E-state index in [1.165, 1.54) is 0 Å². The third-order valence-electron chi connectivity index (χ3n) is 2.16. The van der Waals surface area contributed by atoms with Crippen molar-refractivity contribution in [3.63, 3.8) is 0 Å². The number of fused-ring (bicyclic) bond motifs is 1. The number of thiazole rings is 1. The fourth-order valence-corrected chi connectivity index (χ4v) is 3.73. The molecule has 2 aromatic rings. The summed E-state index contributed by atoms with van der Waals surface area (Å²) in [4.78, 5) is 14.9. The van der Waals surface area contributed by atoms with E-state index in [0.717, 1.165) is 18.3 Å². The Labute approximate surface area is 114 Å². The molecule has 0 aliphatic carbocycles. The average molecular weight is 300 g/mol. The molecule has 0 unspecified atom stereocenters. The summed E-state index contributed by atoms with van der Waals surface area (Å²) in [6, 6.07) is 5.13. The molecule has 0 radical (unpaired) electrons. The van der Waals surface area contributed by atoms with Gasteiger partial charge in [0.25, 0.3) is 10.0 Å². The number of carbonyl (C=O) groups is 1. The van der Waals surface area contributed by atoms with Gasteiger partial charge in [0, 0.05) is 6.92 Å². The van der Waals surface area contributed by atoms with Gasteiger partial charge in [0.15, 0.2) is 0 Å². The molecule has 1 N–H and O–H groups in total. The van der Waals surface area contributed by atoms with Crippen LogP contribution in [0, 0.1) is 0 Å². The first-order chi connectivity index (χ1) is 8.92. The highest BCUT2D eigenvalue weighted by atomic mass is 32.2. The Morgan fingerprint density at radius 3 is 2.84 bits per heavy atom. The second-order valence-electron chi connectivity index (χ2n) is 3.70. The lowest BCUT2D eigenvalue weighted by Crippen LogP contribution is -2.27. The van der Waals surface area contributed by atoms with Gasteiger partial charge in [-0.3, -0.25) is 4.79 Å². The van der Waals surface area contributed by atoms with Crippen LogP contribution in [0.3, 0.4) is 0 Å². The lowest BCUT2D eigenvalue weighted by atomic mass is 10.3. The van der Waals surface area contributed by atoms with E-state index in [1.54, 1.807) is 18.2 Å². The minimum atomic E-state index is -3.88. The van der Waals surface area contributed by atoms with Crippen LogP contribution in [0.25, 0.3) is 10.2 Å². The largest absolute Gasteiger partial charge is 0.494 e. The summed E-state index contributed by atoms with van der Waals surface area (Å²) in [5.41, 5.74) is 0.553. The number of nitrogens with one attached hydrogen (secondary N) is 1. The van der Waals surface area contributed by atoms with Crippen LogP contribution in [0.15, 0.2) is 22.5 Å². The standard InChI is InChI=1S/C11H12N2O4S2/c1-3-17-8-4-5-9-10(6-8)18-11(12-9)19(15,16)13-7(2)14/h4-6H,3H2,1-2H3,(H,13,14). The Morgan fingerprint density at radius 1 is 1.47 bits per heavy atom. The third-order valence-corrected chi connectivity index (χ3v) is 4.99. The molecule has 1 amide bonds. The topological polar surface area (TPSA) is 85.4 Å². The van der Waals surface area contributed by atoms with Crippen LogP contribution >= 0.6 is 11.3 Å². The molecule has 6 nitrogen and oxygen atoms in total. The number of aromatic nitrogens is 1. The highest BCUT2D eigenvalue weighted by Crippen LogP contribution is 2.28. The lowest BCUT2D eigenvalue weighted by Gasteiger charge is -2.00. The summed E-state index contributed by atoms with van der Waals surface area (Å²) in [6.45, 7) is 3.53. The second-order valence-corrected chi connectivity index (χ2v) is 6.59. The molecule has 1 aromatic carbocycles. The molecule has 0 aliphatic heterocycles. The maximum atomic E-state index is 11.8. The lowest BCUT2D eigenvalue weighted by molar-refractivity contribution is -0.117. The SMILES string of the molecule is CCOc1ccc2nc(S(=O)(=O)NC(C)=O)sc2c1. The van der Waals surface area contributed by atoms with E-state index < -0.39 is 15.9 Å². The van der Waals surface area contributed by atoms with Crippen LogP contribution < -0.4 is 9.46 Å². The van der Waals surface area contributed by atoms with E-state index in [-0.39, 0.29) is 4.34 Å². The molecule has 2 rings (SSSR count). The van der Waals surface area contributed by atoms with Gasteiger partial charge < -0.3 is 4.74 Å². The van der Waals surface area contributed by atoms with Crippen molar-refractivity contribution >= 4 is 37.5 Å². The Kier molecular flexibility index (Phi) is 3.72. The minimum Gasteiger partial charge on any atom is -0.494 e. The molecular weight excluding hydrogens is 288 g/mol. The molecule has 8 heteroatoms. The first-order valence-electron chi connectivity index (χ1n) is 5.49. The van der Waals surface area contributed by atoms with Crippen molar-refractivity contribution in [2.24, 2.45) is 0 Å². The molecule has 1 aromatic heterocycles. The highest BCUT2D eigenvalue weighted by molar-refractivity contribution is 7.92. The maximum absolute atomic E-state index is 11.8. The molecule has 1 heterocycles. The van der Waals surface area contributed by atoms with Gasteiger partial charge in [-0.2, -0.15) is 8.42 Å². The Bertz CT molecular complexity index is 721. The van der Waals surface area contributed by atoms with Gasteiger partial charge in [0.2, 0.25) is 10.2 Å². The highest BCUT2D eigenvalue weighted by Gasteiger charge is 2.20. The molecule has 102 valence electrons. The van der Waals surface area contributed by atoms with Gasteiger partial charge in [-0.1, -0.05) is 0 Å². The molecule has 0 saturated heterocycles. The number of hydrogen-bond acceptors (Lipinski definition) is 6. The van der Waals surface area contributed by atoms with E-state index >= 15 is 0 Å². The third kappa shape index (κ3) is 3.02. The van der Waals surface area contributed by atoms with Crippen molar-refractivity contribution in [1.82, 2.24) is 9.71 Å². The summed E-state index contributed by atoms with van der Waals surface area (Å²) >= 11 is 0.992. The van der Waals surface area contributed by atoms with E-state index in [0.29, 0.717) is 22.6 Å². The number of rotatable bonds is 4. The van der Waals surface area contributed by atoms with Gasteiger partial charge in [-0.25, -0.2) is 9.71 Å². The van der Waals surface area contributed by atoms with E-state index in [4.69, 9.17) is 4.74 Å². The summed E-state index contributed by atoms with van der Waals surface area (Å²) in [7, 11) is -3.88. The van der Waals surface area contributed by atoms with Crippen LogP contribution in [0.1, 0.15) is 13.8 Å². The Balaban J connectivity index is 2.44. The monoisotopic (exact) mass is 300 g/mol. The molecule has 19 heavy (non-hydrogen) atoms. The van der Waals surface area contributed by atoms with Gasteiger partial charge in [-0.15, -0.1) is 11.3 Å². The van der Waals surface area contributed by atoms with E-state index in [9.17, 15) is 13.2 Å². The predicted octanol–water partition coefficient (Wildman–Crippen LogP) is 1.52. The number of benzene rings is 1. The van der Waals surface area contributed by atoms with Crippen molar-refractivity contribution in [2.75, 3.05) is 6.61 Å². The summed E-state index contributed by atoms with van der Waals surface area (Å²) in [6.07, 6.45) is 0. The average Bonchev–Trinajstić information content (AvgIpc) is 2.71. The molecule has 0 saturated carbocycles. The Morgan fingerprint density at radius 2 is 2.21 bits per heavy atom. The van der Waals surface area contributed by atoms with Gasteiger partial charge >= 0.3 is 0 Å². The summed E-state index contributed by atoms with van der Waals surface area (Å²) in [5, 5.41) is 0. The van der Waals surface area contributed by atoms with Crippen molar-refractivity contribution in [3.8, 4) is 5.75 Å². The number of amides is 1. The first kappa shape index (κ1) is 13.8. The van der Waals surface area contributed by atoms with Crippen LogP contribution in [0.5, 0.6) is 5.75 Å². The normalized spacial score (nSPS) is 11.5. The fraction of sp³-hybridized carbons (Fsp3) is 0.273. The molecule has 0 aliphatic rings. The quantitative estimate of drug-likeness (QED) is 0.925. The number of hydrogen-bond donors (Lipinski definition) is 1. The van der Waals surface area contributed by atoms with E-state index in [2.05, 4.69) is 4.98 Å². The van der Waals surface area contributed by atoms with E-state index in [1.807, 2.05) is 11.6 Å². The van der Waals surface area contributed by atoms with Crippen molar-refractivity contribution in [1.29, 1.82) is 0 Å². The van der Waals surface area contributed by atoms with Gasteiger partial charge in [0.05, 0.1) is 16.8 Å². The molecule has 0 atom stereocenters. The zero-order chi connectivity index (χ0) is 14.0. The number of carbonyl (C=O) groups excluding carboxylic acids is 1. The molecule has 0 spiro atoms. The summed E-state index contributed by atoms with van der Waals surface area (Å²) < 4.78 is 31.4. The van der Waals surface area contributed by atoms with Crippen LogP contribution in [-0.4, -0.2) is 25.9 Å². The molecular formula is C11H12N2O4S2. The zero-order valence-corrected chi connectivity index (χ0v) is 12.0. The van der Waals surface area contributed by atoms with Crippen LogP contribution in [0.2, 0.25) is 0 Å². The number of sulfonamides is 1. The van der Waals surface area contributed by atoms with Crippen LogP contribution in [-0.2, 0) is 14.8 Å². The fourth-order valence-electron chi connectivity index (χ4n) is 1.49. The van der Waals surface area contributed by atoms with Crippen molar-refractivity contribution in [3.05, 3.63) is 18.2 Å². The zero-order valence-electron chi connectivity index (χ0n) is 10.3. The second kappa shape index (κ2) is 5.14. The minimum absolute atomic E-state index is 0.133. The predicted molar refractivity (Wildman–Crippen MR) is 71.8 cm³/mol. The maximum Gasteiger partial charge on any atom is 0.291 e.